The van der Waals surface area contributed by atoms with Crippen molar-refractivity contribution in [2.75, 3.05) is 18.4 Å². The lowest BCUT2D eigenvalue weighted by molar-refractivity contribution is 0.0671. The van der Waals surface area contributed by atoms with Crippen molar-refractivity contribution < 1.29 is 4.79 Å². The number of amides is 1. The van der Waals surface area contributed by atoms with Gasteiger partial charge in [-0.1, -0.05) is 33.6 Å². The van der Waals surface area contributed by atoms with E-state index in [9.17, 15) is 4.79 Å². The first-order valence-electron chi connectivity index (χ1n) is 6.73. The summed E-state index contributed by atoms with van der Waals surface area (Å²) in [4.78, 5) is 14.6. The van der Waals surface area contributed by atoms with E-state index in [0.717, 1.165) is 42.4 Å². The molecule has 1 aromatic carbocycles. The maximum atomic E-state index is 12.6. The number of rotatable bonds is 3. The number of alkyl halides is 1. The topological polar surface area (TPSA) is 20.3 Å². The van der Waals surface area contributed by atoms with Gasteiger partial charge in [-0.25, -0.2) is 0 Å². The molecule has 0 aromatic heterocycles. The quantitative estimate of drug-likeness (QED) is 0.749. The van der Waals surface area contributed by atoms with Crippen LogP contribution in [-0.2, 0) is 0 Å². The molecule has 0 saturated carbocycles. The highest BCUT2D eigenvalue weighted by Crippen LogP contribution is 2.24. The Morgan fingerprint density at radius 2 is 2.32 bits per heavy atom. The number of benzene rings is 1. The van der Waals surface area contributed by atoms with E-state index in [1.165, 1.54) is 6.42 Å². The van der Waals surface area contributed by atoms with Crippen molar-refractivity contribution in [3.05, 3.63) is 34.3 Å². The summed E-state index contributed by atoms with van der Waals surface area (Å²) in [6, 6.07) is 5.53. The predicted octanol–water partition coefficient (Wildman–Crippen LogP) is 4.29. The molecule has 1 amide bonds. The molecule has 1 unspecified atom stereocenters. The maximum Gasteiger partial charge on any atom is 0.254 e. The van der Waals surface area contributed by atoms with Crippen LogP contribution in [0, 0.1) is 12.8 Å². The largest absolute Gasteiger partial charge is 0.338 e. The highest BCUT2D eigenvalue weighted by Gasteiger charge is 2.24. The molecule has 2 rings (SSSR count). The Bertz CT molecular complexity index is 461. The van der Waals surface area contributed by atoms with Gasteiger partial charge in [0.15, 0.2) is 0 Å². The van der Waals surface area contributed by atoms with Gasteiger partial charge in [-0.3, -0.25) is 4.79 Å². The molecule has 1 aliphatic rings. The molecule has 1 fully saturated rings. The van der Waals surface area contributed by atoms with Gasteiger partial charge in [0.1, 0.15) is 0 Å². The molecule has 2 nitrogen and oxygen atoms in total. The van der Waals surface area contributed by atoms with Crippen molar-refractivity contribution >= 4 is 33.4 Å². The van der Waals surface area contributed by atoms with Gasteiger partial charge in [0.2, 0.25) is 0 Å². The summed E-state index contributed by atoms with van der Waals surface area (Å²) in [5.41, 5.74) is 1.74. The van der Waals surface area contributed by atoms with Crippen molar-refractivity contribution in [1.82, 2.24) is 4.90 Å². The number of halogens is 2. The highest BCUT2D eigenvalue weighted by atomic mass is 79.9. The van der Waals surface area contributed by atoms with Crippen LogP contribution in [0.3, 0.4) is 0 Å². The summed E-state index contributed by atoms with van der Waals surface area (Å²) in [6.07, 6.45) is 3.46. The molecule has 1 atom stereocenters. The van der Waals surface area contributed by atoms with Crippen molar-refractivity contribution in [2.45, 2.75) is 26.2 Å². The molecule has 1 aromatic rings. The van der Waals surface area contributed by atoms with E-state index < -0.39 is 0 Å². The van der Waals surface area contributed by atoms with Crippen LogP contribution in [0.2, 0.25) is 5.02 Å². The number of hydrogen-bond donors (Lipinski definition) is 0. The van der Waals surface area contributed by atoms with Crippen LogP contribution >= 0.6 is 27.5 Å². The molecule has 104 valence electrons. The average molecular weight is 345 g/mol. The minimum Gasteiger partial charge on any atom is -0.338 e. The van der Waals surface area contributed by atoms with Crippen LogP contribution in [-0.4, -0.2) is 29.2 Å². The Morgan fingerprint density at radius 3 is 3.05 bits per heavy atom. The summed E-state index contributed by atoms with van der Waals surface area (Å²) in [5.74, 6) is 0.746. The standard InChI is InChI=1S/C15H19BrClNO/c1-11-4-5-13(17)9-14(11)15(19)18-8-2-3-12(10-18)6-7-16/h4-5,9,12H,2-3,6-8,10H2,1H3. The van der Waals surface area contributed by atoms with Crippen molar-refractivity contribution in [2.24, 2.45) is 5.92 Å². The smallest absolute Gasteiger partial charge is 0.254 e. The molecule has 0 bridgehead atoms. The fourth-order valence-corrected chi connectivity index (χ4v) is 3.45. The minimum absolute atomic E-state index is 0.124. The first-order valence-corrected chi connectivity index (χ1v) is 8.23. The van der Waals surface area contributed by atoms with Gasteiger partial charge < -0.3 is 4.90 Å². The fraction of sp³-hybridized carbons (Fsp3) is 0.533. The molecule has 1 heterocycles. The first kappa shape index (κ1) is 14.9. The summed E-state index contributed by atoms with van der Waals surface area (Å²) < 4.78 is 0. The fourth-order valence-electron chi connectivity index (χ4n) is 2.63. The molecule has 19 heavy (non-hydrogen) atoms. The second-order valence-electron chi connectivity index (χ2n) is 5.20. The second-order valence-corrected chi connectivity index (χ2v) is 6.43. The molecule has 4 heteroatoms. The summed E-state index contributed by atoms with van der Waals surface area (Å²) in [7, 11) is 0. The van der Waals surface area contributed by atoms with Crippen LogP contribution in [0.25, 0.3) is 0 Å². The van der Waals surface area contributed by atoms with E-state index in [4.69, 9.17) is 11.6 Å². The third kappa shape index (κ3) is 3.73. The summed E-state index contributed by atoms with van der Waals surface area (Å²) >= 11 is 9.49. The zero-order chi connectivity index (χ0) is 13.8. The zero-order valence-electron chi connectivity index (χ0n) is 11.2. The summed E-state index contributed by atoms with van der Waals surface area (Å²) in [6.45, 7) is 3.70. The number of likely N-dealkylation sites (tertiary alicyclic amines) is 1. The van der Waals surface area contributed by atoms with Gasteiger partial charge in [-0.15, -0.1) is 0 Å². The average Bonchev–Trinajstić information content (AvgIpc) is 2.41. The maximum absolute atomic E-state index is 12.6. The Balaban J connectivity index is 2.12. The molecular formula is C15H19BrClNO. The molecule has 0 radical (unpaired) electrons. The van der Waals surface area contributed by atoms with Crippen LogP contribution < -0.4 is 0 Å². The van der Waals surface area contributed by atoms with E-state index in [-0.39, 0.29) is 5.91 Å². The minimum atomic E-state index is 0.124. The van der Waals surface area contributed by atoms with Gasteiger partial charge in [-0.05, 0) is 49.8 Å². The van der Waals surface area contributed by atoms with Crippen LogP contribution in [0.1, 0.15) is 35.2 Å². The third-order valence-corrected chi connectivity index (χ3v) is 4.45. The van der Waals surface area contributed by atoms with Crippen molar-refractivity contribution in [3.8, 4) is 0 Å². The van der Waals surface area contributed by atoms with Gasteiger partial charge in [0.25, 0.3) is 5.91 Å². The van der Waals surface area contributed by atoms with E-state index in [1.807, 2.05) is 24.0 Å². The molecule has 0 spiro atoms. The predicted molar refractivity (Wildman–Crippen MR) is 83.2 cm³/mol. The van der Waals surface area contributed by atoms with Gasteiger partial charge in [-0.2, -0.15) is 0 Å². The number of piperidine rings is 1. The number of carbonyl (C=O) groups excluding carboxylic acids is 1. The third-order valence-electron chi connectivity index (χ3n) is 3.75. The van der Waals surface area contributed by atoms with Crippen LogP contribution in [0.4, 0.5) is 0 Å². The number of nitrogens with zero attached hydrogens (tertiary/aromatic N) is 1. The normalized spacial score (nSPS) is 19.5. The molecule has 1 saturated heterocycles. The first-order chi connectivity index (χ1) is 9.11. The van der Waals surface area contributed by atoms with Crippen molar-refractivity contribution in [1.29, 1.82) is 0 Å². The van der Waals surface area contributed by atoms with Crippen LogP contribution in [0.15, 0.2) is 18.2 Å². The molecule has 0 aliphatic carbocycles. The molecule has 1 aliphatic heterocycles. The molecule has 0 N–H and O–H groups in total. The lowest BCUT2D eigenvalue weighted by atomic mass is 9.95. The number of aryl methyl sites for hydroxylation is 1. The molecular weight excluding hydrogens is 326 g/mol. The zero-order valence-corrected chi connectivity index (χ0v) is 13.5. The summed E-state index contributed by atoms with van der Waals surface area (Å²) in [5, 5.41) is 1.64. The van der Waals surface area contributed by atoms with E-state index in [1.54, 1.807) is 6.07 Å². The Labute approximate surface area is 128 Å². The monoisotopic (exact) mass is 343 g/mol. The Morgan fingerprint density at radius 1 is 1.53 bits per heavy atom. The van der Waals surface area contributed by atoms with E-state index in [2.05, 4.69) is 15.9 Å². The van der Waals surface area contributed by atoms with E-state index in [0.29, 0.717) is 10.9 Å². The second kappa shape index (κ2) is 6.76. The SMILES string of the molecule is Cc1ccc(Cl)cc1C(=O)N1CCCC(CCBr)C1. The number of hydrogen-bond acceptors (Lipinski definition) is 1. The van der Waals surface area contributed by atoms with Crippen molar-refractivity contribution in [3.63, 3.8) is 0 Å². The Hall–Kier alpha value is -0.540. The lowest BCUT2D eigenvalue weighted by Gasteiger charge is -2.33. The lowest BCUT2D eigenvalue weighted by Crippen LogP contribution is -2.40. The Kier molecular flexibility index (Phi) is 5.28. The number of carbonyl (C=O) groups is 1. The van der Waals surface area contributed by atoms with Gasteiger partial charge in [0, 0.05) is 29.0 Å². The van der Waals surface area contributed by atoms with Gasteiger partial charge in [0.05, 0.1) is 0 Å². The van der Waals surface area contributed by atoms with E-state index >= 15 is 0 Å². The van der Waals surface area contributed by atoms with Gasteiger partial charge >= 0.3 is 0 Å². The van der Waals surface area contributed by atoms with Crippen LogP contribution in [0.5, 0.6) is 0 Å². The highest BCUT2D eigenvalue weighted by molar-refractivity contribution is 9.09.